The van der Waals surface area contributed by atoms with Gasteiger partial charge in [0.05, 0.1) is 31.1 Å². The smallest absolute Gasteiger partial charge is 0.302 e. The highest BCUT2D eigenvalue weighted by Gasteiger charge is 2.60. The molecule has 9 nitrogen and oxygen atoms in total. The zero-order chi connectivity index (χ0) is 25.6. The van der Waals surface area contributed by atoms with Crippen molar-refractivity contribution in [3.8, 4) is 0 Å². The van der Waals surface area contributed by atoms with Crippen LogP contribution in [-0.4, -0.2) is 84.3 Å². The van der Waals surface area contributed by atoms with Gasteiger partial charge in [-0.25, -0.2) is 8.42 Å². The van der Waals surface area contributed by atoms with Crippen molar-refractivity contribution in [3.63, 3.8) is 0 Å². The fourth-order valence-electron chi connectivity index (χ4n) is 5.39. The lowest BCUT2D eigenvalue weighted by Gasteiger charge is -2.50. The second kappa shape index (κ2) is 12.3. The van der Waals surface area contributed by atoms with E-state index in [1.165, 1.54) is 13.8 Å². The highest BCUT2D eigenvalue weighted by atomic mass is 32.2. The highest BCUT2D eigenvalue weighted by Crippen LogP contribution is 2.54. The van der Waals surface area contributed by atoms with E-state index in [2.05, 4.69) is 19.6 Å². The maximum Gasteiger partial charge on any atom is 0.302 e. The summed E-state index contributed by atoms with van der Waals surface area (Å²) in [7, 11) is -3.54. The number of rotatable bonds is 13. The van der Waals surface area contributed by atoms with E-state index in [9.17, 15) is 18.0 Å². The van der Waals surface area contributed by atoms with Crippen LogP contribution in [0.4, 0.5) is 0 Å². The predicted octanol–water partition coefficient (Wildman–Crippen LogP) is 3.02. The van der Waals surface area contributed by atoms with Crippen LogP contribution in [0.25, 0.3) is 0 Å². The number of esters is 2. The molecule has 0 amide bonds. The lowest BCUT2D eigenvalue weighted by atomic mass is 9.61. The van der Waals surface area contributed by atoms with Crippen LogP contribution in [0.15, 0.2) is 0 Å². The summed E-state index contributed by atoms with van der Waals surface area (Å²) in [6.07, 6.45) is 3.19. The van der Waals surface area contributed by atoms with Gasteiger partial charge in [-0.2, -0.15) is 4.31 Å². The number of hydrogen-bond donors (Lipinski definition) is 0. The molecule has 2 fully saturated rings. The van der Waals surface area contributed by atoms with Crippen molar-refractivity contribution in [1.29, 1.82) is 0 Å². The topological polar surface area (TPSA) is 108 Å². The number of hydrogen-bond acceptors (Lipinski definition) is 8. The third-order valence-electron chi connectivity index (χ3n) is 7.08. The minimum absolute atomic E-state index is 0.0741. The quantitative estimate of drug-likeness (QED) is 0.157. The van der Waals surface area contributed by atoms with E-state index >= 15 is 0 Å². The van der Waals surface area contributed by atoms with Crippen molar-refractivity contribution in [2.45, 2.75) is 83.8 Å². The molecule has 34 heavy (non-hydrogen) atoms. The van der Waals surface area contributed by atoms with Gasteiger partial charge < -0.3 is 18.9 Å². The third-order valence-corrected chi connectivity index (χ3v) is 11.0. The Balaban J connectivity index is 2.37. The molecule has 0 spiro atoms. The molecule has 0 bridgehead atoms. The lowest BCUT2D eigenvalue weighted by molar-refractivity contribution is -0.161. The van der Waals surface area contributed by atoms with Gasteiger partial charge in [-0.3, -0.25) is 9.59 Å². The van der Waals surface area contributed by atoms with Crippen LogP contribution in [0.3, 0.4) is 0 Å². The van der Waals surface area contributed by atoms with Crippen molar-refractivity contribution < 1.29 is 37.0 Å². The van der Waals surface area contributed by atoms with E-state index in [1.54, 1.807) is 11.4 Å². The molecule has 1 saturated heterocycles. The molecule has 4 atom stereocenters. The molecule has 0 unspecified atom stereocenters. The summed E-state index contributed by atoms with van der Waals surface area (Å²) >= 11 is 0. The number of nitrogens with zero attached hydrogens (tertiary/aromatic N) is 1. The summed E-state index contributed by atoms with van der Waals surface area (Å²) in [6.45, 7) is 10.2. The molecule has 11 heteroatoms. The first-order valence-electron chi connectivity index (χ1n) is 12.2. The van der Waals surface area contributed by atoms with E-state index in [1.807, 2.05) is 0 Å². The van der Waals surface area contributed by atoms with E-state index in [0.29, 0.717) is 38.5 Å². The van der Waals surface area contributed by atoms with E-state index in [4.69, 9.17) is 18.9 Å². The van der Waals surface area contributed by atoms with Crippen molar-refractivity contribution in [3.05, 3.63) is 0 Å². The van der Waals surface area contributed by atoms with Gasteiger partial charge in [-0.15, -0.1) is 0 Å². The summed E-state index contributed by atoms with van der Waals surface area (Å²) in [5.41, 5.74) is -0.551. The molecule has 1 aliphatic heterocycles. The zero-order valence-corrected chi connectivity index (χ0v) is 23.4. The summed E-state index contributed by atoms with van der Waals surface area (Å²) in [5.74, 6) is -0.458. The largest absolute Gasteiger partial charge is 0.466 e. The Morgan fingerprint density at radius 2 is 1.76 bits per heavy atom. The van der Waals surface area contributed by atoms with Crippen molar-refractivity contribution in [2.24, 2.45) is 11.3 Å². The second-order valence-electron chi connectivity index (χ2n) is 10.8. The molecule has 0 radical (unpaired) electrons. The molecule has 1 aliphatic carbocycles. The summed E-state index contributed by atoms with van der Waals surface area (Å²) in [4.78, 5) is 23.0. The lowest BCUT2D eigenvalue weighted by Crippen LogP contribution is -2.58. The van der Waals surface area contributed by atoms with Crippen molar-refractivity contribution in [1.82, 2.24) is 4.31 Å². The van der Waals surface area contributed by atoms with Crippen LogP contribution in [-0.2, 0) is 38.6 Å². The van der Waals surface area contributed by atoms with E-state index in [-0.39, 0.29) is 43.1 Å². The van der Waals surface area contributed by atoms with Gasteiger partial charge in [0.1, 0.15) is 6.79 Å². The van der Waals surface area contributed by atoms with Gasteiger partial charge in [0.25, 0.3) is 0 Å². The Labute approximate surface area is 205 Å². The SMILES string of the molecule is COCO[C@@H]1CC[C@H](CCCOC(C)=O)[C@@]2(COC(C)=O)CCN(S(=O)(=O)CC[Si](C)(C)C)[C@@H]12. The third kappa shape index (κ3) is 7.74. The van der Waals surface area contributed by atoms with Crippen LogP contribution in [0.2, 0.25) is 25.7 Å². The van der Waals surface area contributed by atoms with Gasteiger partial charge in [0.15, 0.2) is 0 Å². The number of ether oxygens (including phenoxy) is 4. The monoisotopic (exact) mass is 521 g/mol. The van der Waals surface area contributed by atoms with E-state index in [0.717, 1.165) is 12.8 Å². The zero-order valence-electron chi connectivity index (χ0n) is 21.6. The number of carbonyl (C=O) groups is 2. The Kier molecular flexibility index (Phi) is 10.6. The van der Waals surface area contributed by atoms with Gasteiger partial charge in [0, 0.05) is 41.0 Å². The first-order valence-corrected chi connectivity index (χ1v) is 17.5. The average Bonchev–Trinajstić information content (AvgIpc) is 3.14. The summed E-state index contributed by atoms with van der Waals surface area (Å²) in [6, 6.07) is 0.256. The van der Waals surface area contributed by atoms with Crippen LogP contribution in [0, 0.1) is 11.3 Å². The number of methoxy groups -OCH3 is 1. The van der Waals surface area contributed by atoms with Gasteiger partial charge in [0.2, 0.25) is 10.0 Å². The molecule has 0 aromatic rings. The Bertz CT molecular complexity index is 799. The van der Waals surface area contributed by atoms with Crippen LogP contribution >= 0.6 is 0 Å². The number of carbonyl (C=O) groups excluding carboxylic acids is 2. The molecule has 0 aromatic carbocycles. The Morgan fingerprint density at radius 3 is 2.35 bits per heavy atom. The molecular formula is C23H43NO8SSi. The summed E-state index contributed by atoms with van der Waals surface area (Å²) in [5, 5.41) is 0. The minimum Gasteiger partial charge on any atom is -0.466 e. The maximum absolute atomic E-state index is 13.6. The minimum atomic E-state index is -3.52. The van der Waals surface area contributed by atoms with E-state index < -0.39 is 29.6 Å². The van der Waals surface area contributed by atoms with Crippen molar-refractivity contribution >= 4 is 30.0 Å². The second-order valence-corrected chi connectivity index (χ2v) is 18.5. The molecule has 198 valence electrons. The molecule has 1 heterocycles. The molecule has 1 saturated carbocycles. The average molecular weight is 522 g/mol. The number of fused-ring (bicyclic) bond motifs is 1. The number of sulfonamides is 1. The standard InChI is InChI=1S/C23H43NO8SSi/c1-18(25)30-13-7-8-20-9-10-21(32-17-29-3)22-23(20,16-31-19(2)26)11-12-24(22)33(27,28)14-15-34(4,5)6/h20-22H,7-17H2,1-6H3/t20-,21+,22-,23-/m0/s1. The molecule has 0 N–H and O–H groups in total. The Hall–Kier alpha value is -1.01. The van der Waals surface area contributed by atoms with Crippen LogP contribution in [0.1, 0.15) is 46.0 Å². The van der Waals surface area contributed by atoms with Gasteiger partial charge >= 0.3 is 11.9 Å². The molecular weight excluding hydrogens is 478 g/mol. The molecule has 0 aromatic heterocycles. The fourth-order valence-corrected chi connectivity index (χ4v) is 10.2. The van der Waals surface area contributed by atoms with Gasteiger partial charge in [-0.05, 0) is 44.1 Å². The van der Waals surface area contributed by atoms with Gasteiger partial charge in [-0.1, -0.05) is 19.6 Å². The summed E-state index contributed by atoms with van der Waals surface area (Å²) < 4.78 is 50.6. The predicted molar refractivity (Wildman–Crippen MR) is 131 cm³/mol. The van der Waals surface area contributed by atoms with Crippen LogP contribution in [0.5, 0.6) is 0 Å². The van der Waals surface area contributed by atoms with Crippen molar-refractivity contribution in [2.75, 3.05) is 39.4 Å². The maximum atomic E-state index is 13.6. The highest BCUT2D eigenvalue weighted by molar-refractivity contribution is 7.89. The van der Waals surface area contributed by atoms with Crippen LogP contribution < -0.4 is 0 Å². The molecule has 2 aliphatic rings. The fraction of sp³-hybridized carbons (Fsp3) is 0.913. The Morgan fingerprint density at radius 1 is 1.09 bits per heavy atom. The normalized spacial score (nSPS) is 27.9. The first-order chi connectivity index (χ1) is 15.8. The molecule has 2 rings (SSSR count). The first kappa shape index (κ1) is 29.2.